The van der Waals surface area contributed by atoms with Gasteiger partial charge < -0.3 is 15.8 Å². The zero-order valence-corrected chi connectivity index (χ0v) is 9.73. The number of carbonyl (C=O) groups is 1. The van der Waals surface area contributed by atoms with E-state index in [0.717, 1.165) is 0 Å². The summed E-state index contributed by atoms with van der Waals surface area (Å²) < 4.78 is 4.99. The topological polar surface area (TPSA) is 77.2 Å². The van der Waals surface area contributed by atoms with Gasteiger partial charge in [-0.25, -0.2) is 0 Å². The fraction of sp³-hybridized carbons (Fsp3) is 0.455. The van der Waals surface area contributed by atoms with Gasteiger partial charge in [-0.05, 0) is 12.0 Å². The predicted molar refractivity (Wildman–Crippen MR) is 62.2 cm³/mol. The number of amides is 1. The van der Waals surface area contributed by atoms with E-state index in [1.807, 2.05) is 13.8 Å². The average molecular weight is 223 g/mol. The van der Waals surface area contributed by atoms with Gasteiger partial charge in [-0.3, -0.25) is 4.79 Å². The molecule has 0 aliphatic carbocycles. The quantitative estimate of drug-likeness (QED) is 0.781. The minimum absolute atomic E-state index is 0.102. The molecule has 1 aromatic rings. The highest BCUT2D eigenvalue weighted by atomic mass is 16.5. The van der Waals surface area contributed by atoms with Crippen molar-refractivity contribution < 1.29 is 9.53 Å². The Balaban J connectivity index is 2.81. The predicted octanol–water partition coefficient (Wildman–Crippen LogP) is 1.01. The van der Waals surface area contributed by atoms with Crippen LogP contribution in [0, 0.1) is 5.92 Å². The standard InChI is InChI=1S/C11H17N3O2/c1-7(2)10(11(12)15)14-8-5-4-6-9(13-8)16-3/h4-7,10H,1-3H3,(H2,12,15)(H,13,14). The highest BCUT2D eigenvalue weighted by Gasteiger charge is 2.19. The molecule has 0 saturated carbocycles. The SMILES string of the molecule is COc1cccc(NC(C(N)=O)C(C)C)n1. The number of hydrogen-bond donors (Lipinski definition) is 2. The average Bonchev–Trinajstić information content (AvgIpc) is 2.25. The van der Waals surface area contributed by atoms with Crippen molar-refractivity contribution in [1.29, 1.82) is 0 Å². The molecule has 1 atom stereocenters. The van der Waals surface area contributed by atoms with E-state index in [-0.39, 0.29) is 11.8 Å². The number of aromatic nitrogens is 1. The first-order chi connectivity index (χ1) is 7.54. The zero-order chi connectivity index (χ0) is 12.1. The minimum Gasteiger partial charge on any atom is -0.481 e. The minimum atomic E-state index is -0.431. The van der Waals surface area contributed by atoms with Gasteiger partial charge in [0.1, 0.15) is 11.9 Å². The second-order valence-electron chi connectivity index (χ2n) is 3.83. The van der Waals surface area contributed by atoms with E-state index in [1.165, 1.54) is 0 Å². The number of ether oxygens (including phenoxy) is 1. The molecule has 1 rings (SSSR count). The number of carbonyl (C=O) groups excluding carboxylic acids is 1. The molecule has 5 nitrogen and oxygen atoms in total. The highest BCUT2D eigenvalue weighted by Crippen LogP contribution is 2.14. The lowest BCUT2D eigenvalue weighted by molar-refractivity contribution is -0.119. The fourth-order valence-electron chi connectivity index (χ4n) is 1.33. The van der Waals surface area contributed by atoms with Crippen LogP contribution in [0.2, 0.25) is 0 Å². The molecule has 1 aromatic heterocycles. The van der Waals surface area contributed by atoms with Crippen LogP contribution in [-0.4, -0.2) is 24.0 Å². The van der Waals surface area contributed by atoms with E-state index >= 15 is 0 Å². The van der Waals surface area contributed by atoms with Gasteiger partial charge in [-0.15, -0.1) is 0 Å². The van der Waals surface area contributed by atoms with Crippen LogP contribution in [0.25, 0.3) is 0 Å². The molecule has 1 amide bonds. The van der Waals surface area contributed by atoms with E-state index < -0.39 is 6.04 Å². The largest absolute Gasteiger partial charge is 0.481 e. The van der Waals surface area contributed by atoms with Crippen molar-refractivity contribution in [3.8, 4) is 5.88 Å². The maximum atomic E-state index is 11.2. The van der Waals surface area contributed by atoms with Crippen molar-refractivity contribution >= 4 is 11.7 Å². The van der Waals surface area contributed by atoms with E-state index in [0.29, 0.717) is 11.7 Å². The van der Waals surface area contributed by atoms with Crippen LogP contribution < -0.4 is 15.8 Å². The number of hydrogen-bond acceptors (Lipinski definition) is 4. The summed E-state index contributed by atoms with van der Waals surface area (Å²) in [6, 6.07) is 4.87. The first-order valence-corrected chi connectivity index (χ1v) is 5.11. The first kappa shape index (κ1) is 12.3. The van der Waals surface area contributed by atoms with Crippen LogP contribution in [0.4, 0.5) is 5.82 Å². The summed E-state index contributed by atoms with van der Waals surface area (Å²) in [4.78, 5) is 15.4. The van der Waals surface area contributed by atoms with Crippen LogP contribution in [0.3, 0.4) is 0 Å². The monoisotopic (exact) mass is 223 g/mol. The molecule has 16 heavy (non-hydrogen) atoms. The van der Waals surface area contributed by atoms with Crippen molar-refractivity contribution in [3.05, 3.63) is 18.2 Å². The van der Waals surface area contributed by atoms with Gasteiger partial charge in [-0.2, -0.15) is 4.98 Å². The molecular formula is C11H17N3O2. The van der Waals surface area contributed by atoms with E-state index in [1.54, 1.807) is 25.3 Å². The Labute approximate surface area is 95.0 Å². The van der Waals surface area contributed by atoms with Gasteiger partial charge in [0.2, 0.25) is 11.8 Å². The Kier molecular flexibility index (Phi) is 4.10. The summed E-state index contributed by atoms with van der Waals surface area (Å²) in [5.41, 5.74) is 5.30. The molecule has 1 unspecified atom stereocenters. The van der Waals surface area contributed by atoms with Gasteiger partial charge in [0.05, 0.1) is 7.11 Å². The maximum absolute atomic E-state index is 11.2. The maximum Gasteiger partial charge on any atom is 0.240 e. The van der Waals surface area contributed by atoms with Crippen molar-refractivity contribution in [3.63, 3.8) is 0 Å². The summed E-state index contributed by atoms with van der Waals surface area (Å²) in [5, 5.41) is 2.99. The summed E-state index contributed by atoms with van der Waals surface area (Å²) in [5.74, 6) is 0.791. The van der Waals surface area contributed by atoms with Crippen LogP contribution in [-0.2, 0) is 4.79 Å². The van der Waals surface area contributed by atoms with Crippen molar-refractivity contribution in [1.82, 2.24) is 4.98 Å². The Morgan fingerprint density at radius 1 is 1.50 bits per heavy atom. The molecular weight excluding hydrogens is 206 g/mol. The van der Waals surface area contributed by atoms with Crippen LogP contribution >= 0.6 is 0 Å². The Hall–Kier alpha value is -1.78. The molecule has 0 spiro atoms. The van der Waals surface area contributed by atoms with Crippen LogP contribution in [0.15, 0.2) is 18.2 Å². The van der Waals surface area contributed by atoms with E-state index in [4.69, 9.17) is 10.5 Å². The lowest BCUT2D eigenvalue weighted by Gasteiger charge is -2.19. The zero-order valence-electron chi connectivity index (χ0n) is 9.73. The molecule has 0 saturated heterocycles. The number of nitrogens with two attached hydrogens (primary N) is 1. The van der Waals surface area contributed by atoms with Crippen molar-refractivity contribution in [2.24, 2.45) is 11.7 Å². The van der Waals surface area contributed by atoms with Gasteiger partial charge >= 0.3 is 0 Å². The van der Waals surface area contributed by atoms with Gasteiger partial charge in [0, 0.05) is 6.07 Å². The van der Waals surface area contributed by atoms with Crippen LogP contribution in [0.1, 0.15) is 13.8 Å². The molecule has 0 aromatic carbocycles. The highest BCUT2D eigenvalue weighted by molar-refractivity contribution is 5.82. The summed E-state index contributed by atoms with van der Waals surface area (Å²) in [6.07, 6.45) is 0. The molecule has 1 heterocycles. The Bertz CT molecular complexity index is 366. The molecule has 0 aliphatic heterocycles. The number of anilines is 1. The molecule has 88 valence electrons. The lowest BCUT2D eigenvalue weighted by Crippen LogP contribution is -2.39. The Morgan fingerprint density at radius 2 is 2.19 bits per heavy atom. The number of primary amides is 1. The molecule has 5 heteroatoms. The lowest BCUT2D eigenvalue weighted by atomic mass is 10.0. The third-order valence-corrected chi connectivity index (χ3v) is 2.21. The number of rotatable bonds is 5. The first-order valence-electron chi connectivity index (χ1n) is 5.11. The van der Waals surface area contributed by atoms with Crippen molar-refractivity contribution in [2.45, 2.75) is 19.9 Å². The normalized spacial score (nSPS) is 12.2. The Morgan fingerprint density at radius 3 is 2.69 bits per heavy atom. The van der Waals surface area contributed by atoms with Crippen LogP contribution in [0.5, 0.6) is 5.88 Å². The summed E-state index contributed by atoms with van der Waals surface area (Å²) in [7, 11) is 1.54. The molecule has 0 radical (unpaired) electrons. The van der Waals surface area contributed by atoms with E-state index in [9.17, 15) is 4.79 Å². The van der Waals surface area contributed by atoms with Crippen molar-refractivity contribution in [2.75, 3.05) is 12.4 Å². The number of pyridine rings is 1. The number of nitrogens with zero attached hydrogens (tertiary/aromatic N) is 1. The number of methoxy groups -OCH3 is 1. The molecule has 0 fully saturated rings. The fourth-order valence-corrected chi connectivity index (χ4v) is 1.33. The second kappa shape index (κ2) is 5.34. The van der Waals surface area contributed by atoms with Gasteiger partial charge in [-0.1, -0.05) is 19.9 Å². The third kappa shape index (κ3) is 3.12. The van der Waals surface area contributed by atoms with Gasteiger partial charge in [0.15, 0.2) is 0 Å². The van der Waals surface area contributed by atoms with Gasteiger partial charge in [0.25, 0.3) is 0 Å². The molecule has 3 N–H and O–H groups in total. The summed E-state index contributed by atoms with van der Waals surface area (Å²) in [6.45, 7) is 3.84. The summed E-state index contributed by atoms with van der Waals surface area (Å²) >= 11 is 0. The molecule has 0 bridgehead atoms. The van der Waals surface area contributed by atoms with E-state index in [2.05, 4.69) is 10.3 Å². The molecule has 0 aliphatic rings. The number of nitrogens with one attached hydrogen (secondary N) is 1. The second-order valence-corrected chi connectivity index (χ2v) is 3.83. The smallest absolute Gasteiger partial charge is 0.240 e. The third-order valence-electron chi connectivity index (χ3n) is 2.21.